The Morgan fingerprint density at radius 1 is 1.09 bits per heavy atom. The van der Waals surface area contributed by atoms with Crippen molar-refractivity contribution in [2.75, 3.05) is 6.54 Å². The molecule has 0 saturated heterocycles. The summed E-state index contributed by atoms with van der Waals surface area (Å²) in [5.74, 6) is 0. The molecule has 0 bridgehead atoms. The summed E-state index contributed by atoms with van der Waals surface area (Å²) >= 11 is 0. The van der Waals surface area contributed by atoms with E-state index in [2.05, 4.69) is 46.9 Å². The predicted octanol–water partition coefficient (Wildman–Crippen LogP) is 2.94. The van der Waals surface area contributed by atoms with Crippen LogP contribution in [0, 0.1) is 5.41 Å². The highest BCUT2D eigenvalue weighted by Crippen LogP contribution is 2.11. The largest absolute Gasteiger partial charge is 0.388 e. The molecule has 0 aliphatic rings. The van der Waals surface area contributed by atoms with Gasteiger partial charge >= 0.3 is 0 Å². The van der Waals surface area contributed by atoms with Gasteiger partial charge in [0.2, 0.25) is 0 Å². The van der Waals surface area contributed by atoms with E-state index in [1.165, 1.54) is 11.3 Å². The number of nitrogens with one attached hydrogen (secondary N) is 1. The second-order valence-corrected chi connectivity index (χ2v) is 4.54. The van der Waals surface area contributed by atoms with Crippen LogP contribution in [0.25, 0.3) is 0 Å². The van der Waals surface area contributed by atoms with Crippen molar-refractivity contribution in [3.63, 3.8) is 0 Å². The highest BCUT2D eigenvalue weighted by atomic mass is 14.9. The Kier molecular flexibility index (Phi) is 3.64. The molecule has 1 nitrogen and oxygen atoms in total. The van der Waals surface area contributed by atoms with Gasteiger partial charge in [-0.1, -0.05) is 26.3 Å². The van der Waals surface area contributed by atoms with Crippen LogP contribution in [0.1, 0.15) is 41.5 Å². The molecule has 0 spiro atoms. The third kappa shape index (κ3) is 5.96. The Bertz CT molecular complexity index is 145. The maximum atomic E-state index is 3.40. The van der Waals surface area contributed by atoms with Crippen LogP contribution in [-0.4, -0.2) is 6.54 Å². The molecular formula is C10H21N. The predicted molar refractivity (Wildman–Crippen MR) is 51.5 cm³/mol. The summed E-state index contributed by atoms with van der Waals surface area (Å²) in [7, 11) is 0. The monoisotopic (exact) mass is 155 g/mol. The summed E-state index contributed by atoms with van der Waals surface area (Å²) in [6, 6.07) is 0. The second kappa shape index (κ2) is 3.80. The van der Waals surface area contributed by atoms with Crippen LogP contribution >= 0.6 is 0 Å². The summed E-state index contributed by atoms with van der Waals surface area (Å²) < 4.78 is 0. The van der Waals surface area contributed by atoms with E-state index in [1.54, 1.807) is 0 Å². The van der Waals surface area contributed by atoms with E-state index in [0.29, 0.717) is 5.41 Å². The first-order chi connectivity index (χ1) is 4.83. The van der Waals surface area contributed by atoms with Crippen LogP contribution in [0.2, 0.25) is 0 Å². The summed E-state index contributed by atoms with van der Waals surface area (Å²) in [5, 5.41) is 3.40. The molecule has 0 aromatic carbocycles. The standard InChI is InChI=1S/C10H21N/c1-8(2)9(3)11-7-10(4,5)6/h11H,7H2,1-6H3. The van der Waals surface area contributed by atoms with E-state index in [0.717, 1.165) is 6.54 Å². The van der Waals surface area contributed by atoms with E-state index < -0.39 is 0 Å². The molecule has 11 heavy (non-hydrogen) atoms. The quantitative estimate of drug-likeness (QED) is 0.646. The Balaban J connectivity index is 3.82. The number of allylic oxidation sites excluding steroid dienone is 2. The SMILES string of the molecule is CC(C)=C(C)NCC(C)(C)C. The van der Waals surface area contributed by atoms with Gasteiger partial charge in [-0.05, 0) is 26.2 Å². The third-order valence-electron chi connectivity index (χ3n) is 1.63. The summed E-state index contributed by atoms with van der Waals surface area (Å²) in [5.41, 5.74) is 3.05. The number of rotatable bonds is 2. The van der Waals surface area contributed by atoms with Crippen molar-refractivity contribution < 1.29 is 0 Å². The topological polar surface area (TPSA) is 12.0 Å². The van der Waals surface area contributed by atoms with Gasteiger partial charge in [0.05, 0.1) is 0 Å². The molecule has 0 aliphatic heterocycles. The molecule has 0 saturated carbocycles. The van der Waals surface area contributed by atoms with E-state index in [1.807, 2.05) is 0 Å². The molecule has 0 amide bonds. The van der Waals surface area contributed by atoms with Crippen molar-refractivity contribution >= 4 is 0 Å². The highest BCUT2D eigenvalue weighted by Gasteiger charge is 2.08. The fraction of sp³-hybridized carbons (Fsp3) is 0.800. The molecular weight excluding hydrogens is 134 g/mol. The Labute approximate surface area is 70.9 Å². The molecule has 0 fully saturated rings. The Hall–Kier alpha value is -0.460. The molecule has 0 aliphatic carbocycles. The van der Waals surface area contributed by atoms with Crippen LogP contribution < -0.4 is 5.32 Å². The van der Waals surface area contributed by atoms with Gasteiger partial charge in [-0.15, -0.1) is 0 Å². The number of hydrogen-bond acceptors (Lipinski definition) is 1. The average molecular weight is 155 g/mol. The fourth-order valence-corrected chi connectivity index (χ4v) is 0.575. The van der Waals surface area contributed by atoms with E-state index in [-0.39, 0.29) is 0 Å². The van der Waals surface area contributed by atoms with Crippen molar-refractivity contribution in [2.24, 2.45) is 5.41 Å². The summed E-state index contributed by atoms with van der Waals surface area (Å²) in [6.07, 6.45) is 0. The lowest BCUT2D eigenvalue weighted by Gasteiger charge is -2.20. The summed E-state index contributed by atoms with van der Waals surface area (Å²) in [4.78, 5) is 0. The maximum absolute atomic E-state index is 3.40. The molecule has 0 rings (SSSR count). The lowest BCUT2D eigenvalue weighted by atomic mass is 9.97. The van der Waals surface area contributed by atoms with Gasteiger partial charge in [-0.3, -0.25) is 0 Å². The minimum atomic E-state index is 0.372. The van der Waals surface area contributed by atoms with Crippen molar-refractivity contribution in [3.8, 4) is 0 Å². The normalized spacial score (nSPS) is 11.1. The summed E-state index contributed by atoms with van der Waals surface area (Å²) in [6.45, 7) is 14.1. The maximum Gasteiger partial charge on any atom is 0.0192 e. The van der Waals surface area contributed by atoms with Crippen LogP contribution in [0.15, 0.2) is 11.3 Å². The zero-order valence-corrected chi connectivity index (χ0v) is 8.71. The first kappa shape index (κ1) is 10.5. The molecule has 0 aromatic rings. The molecule has 1 N–H and O–H groups in total. The van der Waals surface area contributed by atoms with E-state index >= 15 is 0 Å². The Morgan fingerprint density at radius 2 is 1.55 bits per heavy atom. The van der Waals surface area contributed by atoms with Crippen LogP contribution in [-0.2, 0) is 0 Å². The first-order valence-corrected chi connectivity index (χ1v) is 4.21. The first-order valence-electron chi connectivity index (χ1n) is 4.21. The van der Waals surface area contributed by atoms with Crippen LogP contribution in [0.3, 0.4) is 0 Å². The zero-order valence-electron chi connectivity index (χ0n) is 8.71. The van der Waals surface area contributed by atoms with Gasteiger partial charge in [0.25, 0.3) is 0 Å². The van der Waals surface area contributed by atoms with Gasteiger partial charge in [0.1, 0.15) is 0 Å². The fourth-order valence-electron chi connectivity index (χ4n) is 0.575. The molecule has 0 atom stereocenters. The van der Waals surface area contributed by atoms with E-state index in [4.69, 9.17) is 0 Å². The molecule has 0 heterocycles. The number of hydrogen-bond donors (Lipinski definition) is 1. The zero-order chi connectivity index (χ0) is 9.07. The van der Waals surface area contributed by atoms with Crippen molar-refractivity contribution in [3.05, 3.63) is 11.3 Å². The minimum absolute atomic E-state index is 0.372. The van der Waals surface area contributed by atoms with Gasteiger partial charge in [-0.25, -0.2) is 0 Å². The van der Waals surface area contributed by atoms with Gasteiger partial charge in [0.15, 0.2) is 0 Å². The third-order valence-corrected chi connectivity index (χ3v) is 1.63. The lowest BCUT2D eigenvalue weighted by molar-refractivity contribution is 0.396. The van der Waals surface area contributed by atoms with Crippen molar-refractivity contribution in [1.82, 2.24) is 5.32 Å². The molecule has 0 aromatic heterocycles. The minimum Gasteiger partial charge on any atom is -0.388 e. The van der Waals surface area contributed by atoms with Crippen LogP contribution in [0.4, 0.5) is 0 Å². The van der Waals surface area contributed by atoms with Crippen molar-refractivity contribution in [1.29, 1.82) is 0 Å². The molecule has 0 unspecified atom stereocenters. The molecule has 66 valence electrons. The van der Waals surface area contributed by atoms with Gasteiger partial charge < -0.3 is 5.32 Å². The van der Waals surface area contributed by atoms with Crippen LogP contribution in [0.5, 0.6) is 0 Å². The molecule has 0 radical (unpaired) electrons. The lowest BCUT2D eigenvalue weighted by Crippen LogP contribution is -2.25. The van der Waals surface area contributed by atoms with Crippen molar-refractivity contribution in [2.45, 2.75) is 41.5 Å². The average Bonchev–Trinajstić information content (AvgIpc) is 1.80. The van der Waals surface area contributed by atoms with E-state index in [9.17, 15) is 0 Å². The second-order valence-electron chi connectivity index (χ2n) is 4.54. The highest BCUT2D eigenvalue weighted by molar-refractivity contribution is 5.04. The molecule has 1 heteroatoms. The Morgan fingerprint density at radius 3 is 1.82 bits per heavy atom. The smallest absolute Gasteiger partial charge is 0.0192 e. The van der Waals surface area contributed by atoms with Gasteiger partial charge in [0, 0.05) is 12.2 Å². The van der Waals surface area contributed by atoms with Gasteiger partial charge in [-0.2, -0.15) is 0 Å².